The van der Waals surface area contributed by atoms with E-state index in [1.54, 1.807) is 6.92 Å². The molecule has 0 saturated carbocycles. The number of nitrogens with zero attached hydrogens (tertiary/aromatic N) is 3. The van der Waals surface area contributed by atoms with Gasteiger partial charge in [0, 0.05) is 26.2 Å². The van der Waals surface area contributed by atoms with E-state index in [1.165, 1.54) is 23.1 Å². The van der Waals surface area contributed by atoms with E-state index in [0.29, 0.717) is 0 Å². The Balaban J connectivity index is 1.64. The Hall–Kier alpha value is -3.57. The highest BCUT2D eigenvalue weighted by Crippen LogP contribution is 2.32. The van der Waals surface area contributed by atoms with Crippen molar-refractivity contribution in [3.8, 4) is 0 Å². The molecule has 0 bridgehead atoms. The predicted octanol–water partition coefficient (Wildman–Crippen LogP) is 2.24. The number of rotatable bonds is 7. The first-order valence-electron chi connectivity index (χ1n) is 9.81. The molecule has 12 heteroatoms. The number of alkyl halides is 3. The van der Waals surface area contributed by atoms with E-state index in [1.807, 2.05) is 0 Å². The number of nitrogens with one attached hydrogen (secondary N) is 1. The van der Waals surface area contributed by atoms with Gasteiger partial charge in [-0.2, -0.15) is 13.2 Å². The average molecular weight is 454 g/mol. The van der Waals surface area contributed by atoms with Gasteiger partial charge in [0.15, 0.2) is 0 Å². The summed E-state index contributed by atoms with van der Waals surface area (Å²) in [6.45, 7) is 1.73. The molecule has 0 aliphatic carbocycles. The van der Waals surface area contributed by atoms with Gasteiger partial charge >= 0.3 is 24.2 Å². The van der Waals surface area contributed by atoms with Crippen LogP contribution in [-0.2, 0) is 31.8 Å². The Morgan fingerprint density at radius 3 is 2.72 bits per heavy atom. The van der Waals surface area contributed by atoms with Gasteiger partial charge in [0.25, 0.3) is 5.91 Å². The fourth-order valence-corrected chi connectivity index (χ4v) is 3.18. The molecule has 1 aromatic rings. The maximum atomic E-state index is 13.3. The summed E-state index contributed by atoms with van der Waals surface area (Å²) in [5.74, 6) is -1.01. The van der Waals surface area contributed by atoms with E-state index >= 15 is 0 Å². The van der Waals surface area contributed by atoms with Crippen LogP contribution in [0.4, 0.5) is 18.0 Å². The predicted molar refractivity (Wildman–Crippen MR) is 105 cm³/mol. The largest absolute Gasteiger partial charge is 0.466 e. The van der Waals surface area contributed by atoms with Gasteiger partial charge in [-0.25, -0.2) is 4.79 Å². The third kappa shape index (κ3) is 5.37. The molecular formula is C20H21F3N4O5. The number of fused-ring (bicyclic) bond motifs is 1. The number of halogens is 3. The molecule has 0 spiro atoms. The lowest BCUT2D eigenvalue weighted by Crippen LogP contribution is -2.38. The number of amidine groups is 1. The van der Waals surface area contributed by atoms with Crippen molar-refractivity contribution in [1.29, 1.82) is 0 Å². The van der Waals surface area contributed by atoms with Crippen molar-refractivity contribution in [3.63, 3.8) is 0 Å². The van der Waals surface area contributed by atoms with Gasteiger partial charge in [0.05, 0.1) is 18.6 Å². The van der Waals surface area contributed by atoms with Crippen LogP contribution in [-0.4, -0.2) is 60.0 Å². The van der Waals surface area contributed by atoms with Crippen molar-refractivity contribution in [2.45, 2.75) is 26.1 Å². The molecule has 0 aromatic heterocycles. The quantitative estimate of drug-likeness (QED) is 0.635. The van der Waals surface area contributed by atoms with Crippen LogP contribution in [0.2, 0.25) is 0 Å². The Morgan fingerprint density at radius 2 is 2.00 bits per heavy atom. The van der Waals surface area contributed by atoms with Crippen LogP contribution in [0.3, 0.4) is 0 Å². The number of aliphatic imine (C=N–C) groups is 1. The summed E-state index contributed by atoms with van der Waals surface area (Å²) in [5.41, 5.74) is -0.829. The zero-order valence-electron chi connectivity index (χ0n) is 17.1. The van der Waals surface area contributed by atoms with Crippen molar-refractivity contribution in [1.82, 2.24) is 15.1 Å². The molecule has 1 aromatic carbocycles. The second-order valence-electron chi connectivity index (χ2n) is 6.84. The van der Waals surface area contributed by atoms with Gasteiger partial charge < -0.3 is 19.7 Å². The molecule has 3 amide bonds. The lowest BCUT2D eigenvalue weighted by Gasteiger charge is -2.22. The second kappa shape index (κ2) is 9.71. The molecular weight excluding hydrogens is 433 g/mol. The van der Waals surface area contributed by atoms with E-state index in [0.717, 1.165) is 17.2 Å². The summed E-state index contributed by atoms with van der Waals surface area (Å²) < 4.78 is 49.8. The SMILES string of the molecule is CCOC(=O)CCNC(=O)C1=COC2=NC(=O)N(Cc3ccccc3C(F)(F)F)CCN12. The molecule has 2 heterocycles. The summed E-state index contributed by atoms with van der Waals surface area (Å²) in [6.07, 6.45) is -3.45. The van der Waals surface area contributed by atoms with Crippen LogP contribution in [0.1, 0.15) is 24.5 Å². The topological polar surface area (TPSA) is 101 Å². The third-order valence-corrected chi connectivity index (χ3v) is 4.69. The van der Waals surface area contributed by atoms with Crippen molar-refractivity contribution < 1.29 is 37.0 Å². The maximum absolute atomic E-state index is 13.3. The highest BCUT2D eigenvalue weighted by Gasteiger charge is 2.36. The summed E-state index contributed by atoms with van der Waals surface area (Å²) in [4.78, 5) is 42.6. The molecule has 3 rings (SSSR count). The standard InChI is InChI=1S/C20H21F3N4O5/c1-2-31-16(28)7-8-24-17(29)15-12-32-19-25-18(30)26(9-10-27(15)19)11-13-5-3-4-6-14(13)20(21,22)23/h3-6,12H,2,7-11H2,1H3,(H,24,29). The van der Waals surface area contributed by atoms with E-state index in [-0.39, 0.29) is 56.5 Å². The maximum Gasteiger partial charge on any atom is 0.416 e. The number of benzene rings is 1. The van der Waals surface area contributed by atoms with Crippen molar-refractivity contribution in [2.24, 2.45) is 4.99 Å². The molecule has 172 valence electrons. The highest BCUT2D eigenvalue weighted by atomic mass is 19.4. The van der Waals surface area contributed by atoms with Crippen molar-refractivity contribution >= 4 is 23.9 Å². The molecule has 0 unspecified atom stereocenters. The Kier molecular flexibility index (Phi) is 7.01. The second-order valence-corrected chi connectivity index (χ2v) is 6.84. The molecule has 0 fully saturated rings. The minimum atomic E-state index is -4.56. The number of urea groups is 1. The average Bonchev–Trinajstić information content (AvgIpc) is 3.06. The van der Waals surface area contributed by atoms with Crippen LogP contribution in [0, 0.1) is 0 Å². The molecule has 0 radical (unpaired) electrons. The monoisotopic (exact) mass is 454 g/mol. The van der Waals surface area contributed by atoms with Crippen molar-refractivity contribution in [3.05, 3.63) is 47.4 Å². The summed E-state index contributed by atoms with van der Waals surface area (Å²) in [6, 6.07) is 4.06. The summed E-state index contributed by atoms with van der Waals surface area (Å²) in [7, 11) is 0. The minimum absolute atomic E-state index is 0.00876. The van der Waals surface area contributed by atoms with Crippen LogP contribution < -0.4 is 5.32 Å². The normalized spacial score (nSPS) is 15.9. The molecule has 0 saturated heterocycles. The Labute approximate surface area is 181 Å². The van der Waals surface area contributed by atoms with E-state index < -0.39 is 29.6 Å². The van der Waals surface area contributed by atoms with Crippen molar-refractivity contribution in [2.75, 3.05) is 26.2 Å². The van der Waals surface area contributed by atoms with Gasteiger partial charge in [-0.3, -0.25) is 14.5 Å². The first-order valence-corrected chi connectivity index (χ1v) is 9.81. The van der Waals surface area contributed by atoms with Gasteiger partial charge in [-0.15, -0.1) is 4.99 Å². The summed E-state index contributed by atoms with van der Waals surface area (Å²) in [5, 5.41) is 2.55. The van der Waals surface area contributed by atoms with Crippen LogP contribution in [0.25, 0.3) is 0 Å². The number of esters is 1. The number of amides is 3. The lowest BCUT2D eigenvalue weighted by molar-refractivity contribution is -0.143. The van der Waals surface area contributed by atoms with Gasteiger partial charge in [-0.05, 0) is 18.6 Å². The third-order valence-electron chi connectivity index (χ3n) is 4.69. The molecule has 1 N–H and O–H groups in total. The molecule has 0 atom stereocenters. The van der Waals surface area contributed by atoms with Crippen LogP contribution in [0.5, 0.6) is 0 Å². The minimum Gasteiger partial charge on any atom is -0.466 e. The fraction of sp³-hybridized carbons (Fsp3) is 0.400. The van der Waals surface area contributed by atoms with E-state index in [4.69, 9.17) is 9.47 Å². The zero-order chi connectivity index (χ0) is 23.3. The lowest BCUT2D eigenvalue weighted by atomic mass is 10.1. The number of hydrogen-bond donors (Lipinski definition) is 1. The van der Waals surface area contributed by atoms with Gasteiger partial charge in [0.1, 0.15) is 12.0 Å². The zero-order valence-corrected chi connectivity index (χ0v) is 17.1. The molecule has 2 aliphatic rings. The van der Waals surface area contributed by atoms with Crippen LogP contribution in [0.15, 0.2) is 41.2 Å². The Morgan fingerprint density at radius 1 is 1.25 bits per heavy atom. The van der Waals surface area contributed by atoms with E-state index in [9.17, 15) is 27.6 Å². The molecule has 2 aliphatic heterocycles. The van der Waals surface area contributed by atoms with E-state index in [2.05, 4.69) is 10.3 Å². The number of carbonyl (C=O) groups is 3. The first-order chi connectivity index (χ1) is 15.2. The molecule has 32 heavy (non-hydrogen) atoms. The fourth-order valence-electron chi connectivity index (χ4n) is 3.18. The summed E-state index contributed by atoms with van der Waals surface area (Å²) >= 11 is 0. The highest BCUT2D eigenvalue weighted by molar-refractivity contribution is 6.01. The van der Waals surface area contributed by atoms with Gasteiger partial charge in [-0.1, -0.05) is 18.2 Å². The van der Waals surface area contributed by atoms with Crippen LogP contribution >= 0.6 is 0 Å². The Bertz CT molecular complexity index is 961. The van der Waals surface area contributed by atoms with Gasteiger partial charge in [0.2, 0.25) is 0 Å². The first kappa shape index (κ1) is 23.1. The number of hydrogen-bond acceptors (Lipinski definition) is 6. The molecule has 9 nitrogen and oxygen atoms in total. The number of ether oxygens (including phenoxy) is 2. The number of carbonyl (C=O) groups excluding carboxylic acids is 3. The smallest absolute Gasteiger partial charge is 0.416 e.